The number of nitrogen functional groups attached to an aromatic ring is 1. The van der Waals surface area contributed by atoms with Gasteiger partial charge in [0.15, 0.2) is 0 Å². The van der Waals surface area contributed by atoms with E-state index in [-0.39, 0.29) is 0 Å². The second-order valence-electron chi connectivity index (χ2n) is 3.52. The molecule has 0 fully saturated rings. The lowest BCUT2D eigenvalue weighted by molar-refractivity contribution is 1.60. The Kier molecular flexibility index (Phi) is 3.42. The Morgan fingerprint density at radius 2 is 1.69 bits per heavy atom. The second kappa shape index (κ2) is 4.99. The SMILES string of the molecule is Nc1ccc(Br)cc1/C=C/c1ccccc1. The lowest BCUT2D eigenvalue weighted by atomic mass is 10.1. The molecule has 0 aliphatic heterocycles. The number of anilines is 1. The van der Waals surface area contributed by atoms with Gasteiger partial charge in [-0.25, -0.2) is 0 Å². The maximum absolute atomic E-state index is 5.88. The van der Waals surface area contributed by atoms with Crippen LogP contribution in [0, 0.1) is 0 Å². The van der Waals surface area contributed by atoms with Gasteiger partial charge in [-0.2, -0.15) is 0 Å². The zero-order valence-electron chi connectivity index (χ0n) is 8.73. The predicted molar refractivity (Wildman–Crippen MR) is 73.9 cm³/mol. The summed E-state index contributed by atoms with van der Waals surface area (Å²) in [5.41, 5.74) is 8.86. The van der Waals surface area contributed by atoms with Crippen LogP contribution in [-0.4, -0.2) is 0 Å². The Balaban J connectivity index is 2.27. The topological polar surface area (TPSA) is 26.0 Å². The molecule has 0 amide bonds. The fraction of sp³-hybridized carbons (Fsp3) is 0. The Morgan fingerprint density at radius 1 is 0.938 bits per heavy atom. The first-order chi connectivity index (χ1) is 7.75. The summed E-state index contributed by atoms with van der Waals surface area (Å²) in [6, 6.07) is 16.0. The highest BCUT2D eigenvalue weighted by Gasteiger charge is 1.95. The summed E-state index contributed by atoms with van der Waals surface area (Å²) in [5.74, 6) is 0. The zero-order valence-corrected chi connectivity index (χ0v) is 10.3. The fourth-order valence-corrected chi connectivity index (χ4v) is 1.82. The molecule has 2 aromatic carbocycles. The smallest absolute Gasteiger partial charge is 0.0388 e. The molecule has 0 aliphatic carbocycles. The first kappa shape index (κ1) is 11.0. The third kappa shape index (κ3) is 2.74. The molecule has 16 heavy (non-hydrogen) atoms. The molecule has 2 N–H and O–H groups in total. The van der Waals surface area contributed by atoms with Gasteiger partial charge in [0, 0.05) is 10.2 Å². The number of halogens is 1. The average molecular weight is 274 g/mol. The van der Waals surface area contributed by atoms with E-state index in [1.54, 1.807) is 0 Å². The molecule has 0 spiro atoms. The lowest BCUT2D eigenvalue weighted by Gasteiger charge is -2.00. The van der Waals surface area contributed by atoms with Gasteiger partial charge in [0.2, 0.25) is 0 Å². The van der Waals surface area contributed by atoms with Crippen molar-refractivity contribution in [3.63, 3.8) is 0 Å². The Labute approximate surface area is 104 Å². The number of rotatable bonds is 2. The Morgan fingerprint density at radius 3 is 2.44 bits per heavy atom. The molecular formula is C14H12BrN. The van der Waals surface area contributed by atoms with Crippen LogP contribution in [0.1, 0.15) is 11.1 Å². The van der Waals surface area contributed by atoms with Gasteiger partial charge >= 0.3 is 0 Å². The molecule has 1 nitrogen and oxygen atoms in total. The van der Waals surface area contributed by atoms with Crippen molar-refractivity contribution in [2.75, 3.05) is 5.73 Å². The summed E-state index contributed by atoms with van der Waals surface area (Å²) in [7, 11) is 0. The van der Waals surface area contributed by atoms with Crippen molar-refractivity contribution in [2.45, 2.75) is 0 Å². The highest BCUT2D eigenvalue weighted by atomic mass is 79.9. The summed E-state index contributed by atoms with van der Waals surface area (Å²) in [4.78, 5) is 0. The van der Waals surface area contributed by atoms with Gasteiger partial charge in [-0.3, -0.25) is 0 Å². The third-order valence-corrected chi connectivity index (χ3v) is 2.80. The molecule has 2 rings (SSSR count). The normalized spacial score (nSPS) is 10.8. The maximum Gasteiger partial charge on any atom is 0.0388 e. The van der Waals surface area contributed by atoms with E-state index in [0.717, 1.165) is 15.7 Å². The summed E-state index contributed by atoms with van der Waals surface area (Å²) in [6.45, 7) is 0. The molecule has 0 atom stereocenters. The minimum Gasteiger partial charge on any atom is -0.398 e. The number of nitrogens with two attached hydrogens (primary N) is 1. The quantitative estimate of drug-likeness (QED) is 0.644. The lowest BCUT2D eigenvalue weighted by Crippen LogP contribution is -1.88. The summed E-state index contributed by atoms with van der Waals surface area (Å²) < 4.78 is 1.04. The van der Waals surface area contributed by atoms with Crippen LogP contribution in [0.15, 0.2) is 53.0 Å². The van der Waals surface area contributed by atoms with E-state index >= 15 is 0 Å². The van der Waals surface area contributed by atoms with Gasteiger partial charge in [0.05, 0.1) is 0 Å². The van der Waals surface area contributed by atoms with E-state index in [1.165, 1.54) is 5.56 Å². The van der Waals surface area contributed by atoms with Crippen molar-refractivity contribution in [3.8, 4) is 0 Å². The molecule has 0 bridgehead atoms. The summed E-state index contributed by atoms with van der Waals surface area (Å²) >= 11 is 3.43. The van der Waals surface area contributed by atoms with Crippen molar-refractivity contribution in [3.05, 3.63) is 64.1 Å². The van der Waals surface area contributed by atoms with Gasteiger partial charge in [0.1, 0.15) is 0 Å². The van der Waals surface area contributed by atoms with Gasteiger partial charge in [0.25, 0.3) is 0 Å². The monoisotopic (exact) mass is 273 g/mol. The standard InChI is InChI=1S/C14H12BrN/c15-13-8-9-14(16)12(10-13)7-6-11-4-2-1-3-5-11/h1-10H,16H2/b7-6+. The van der Waals surface area contributed by atoms with E-state index < -0.39 is 0 Å². The van der Waals surface area contributed by atoms with Crippen molar-refractivity contribution in [1.29, 1.82) is 0 Å². The van der Waals surface area contributed by atoms with Crippen molar-refractivity contribution >= 4 is 33.8 Å². The molecule has 0 radical (unpaired) electrons. The van der Waals surface area contributed by atoms with Crippen LogP contribution < -0.4 is 5.73 Å². The van der Waals surface area contributed by atoms with Crippen molar-refractivity contribution in [2.24, 2.45) is 0 Å². The third-order valence-electron chi connectivity index (χ3n) is 2.30. The van der Waals surface area contributed by atoms with Crippen molar-refractivity contribution in [1.82, 2.24) is 0 Å². The largest absolute Gasteiger partial charge is 0.398 e. The van der Waals surface area contributed by atoms with E-state index in [4.69, 9.17) is 5.73 Å². The second-order valence-corrected chi connectivity index (χ2v) is 4.43. The van der Waals surface area contributed by atoms with E-state index in [0.29, 0.717) is 0 Å². The van der Waals surface area contributed by atoms with Crippen LogP contribution >= 0.6 is 15.9 Å². The molecule has 0 aliphatic rings. The maximum atomic E-state index is 5.88. The molecule has 80 valence electrons. The van der Waals surface area contributed by atoms with E-state index in [1.807, 2.05) is 42.5 Å². The number of hydrogen-bond acceptors (Lipinski definition) is 1. The van der Waals surface area contributed by atoms with Crippen LogP contribution in [0.2, 0.25) is 0 Å². The van der Waals surface area contributed by atoms with Gasteiger partial charge in [-0.05, 0) is 29.3 Å². The van der Waals surface area contributed by atoms with Crippen LogP contribution in [0.4, 0.5) is 5.69 Å². The van der Waals surface area contributed by atoms with Crippen LogP contribution in [0.25, 0.3) is 12.2 Å². The number of hydrogen-bond donors (Lipinski definition) is 1. The molecule has 0 unspecified atom stereocenters. The molecule has 2 heteroatoms. The molecular weight excluding hydrogens is 262 g/mol. The number of benzene rings is 2. The predicted octanol–water partition coefficient (Wildman–Crippen LogP) is 4.20. The van der Waals surface area contributed by atoms with E-state index in [2.05, 4.69) is 34.1 Å². The molecule has 2 aromatic rings. The fourth-order valence-electron chi connectivity index (χ4n) is 1.44. The molecule has 0 saturated heterocycles. The van der Waals surface area contributed by atoms with E-state index in [9.17, 15) is 0 Å². The average Bonchev–Trinajstić information content (AvgIpc) is 2.32. The van der Waals surface area contributed by atoms with Gasteiger partial charge in [-0.15, -0.1) is 0 Å². The summed E-state index contributed by atoms with van der Waals surface area (Å²) in [5, 5.41) is 0. The first-order valence-corrected chi connectivity index (χ1v) is 5.83. The van der Waals surface area contributed by atoms with Crippen LogP contribution in [-0.2, 0) is 0 Å². The van der Waals surface area contributed by atoms with Gasteiger partial charge in [-0.1, -0.05) is 58.4 Å². The highest BCUT2D eigenvalue weighted by molar-refractivity contribution is 9.10. The minimum atomic E-state index is 0.787. The molecule has 0 saturated carbocycles. The van der Waals surface area contributed by atoms with Crippen molar-refractivity contribution < 1.29 is 0 Å². The Hall–Kier alpha value is -1.54. The zero-order chi connectivity index (χ0) is 11.4. The summed E-state index contributed by atoms with van der Waals surface area (Å²) in [6.07, 6.45) is 4.08. The highest BCUT2D eigenvalue weighted by Crippen LogP contribution is 2.20. The molecule has 0 aromatic heterocycles. The van der Waals surface area contributed by atoms with Crippen LogP contribution in [0.3, 0.4) is 0 Å². The molecule has 0 heterocycles. The Bertz CT molecular complexity index is 503. The van der Waals surface area contributed by atoms with Gasteiger partial charge < -0.3 is 5.73 Å². The minimum absolute atomic E-state index is 0.787. The van der Waals surface area contributed by atoms with Crippen LogP contribution in [0.5, 0.6) is 0 Å². The first-order valence-electron chi connectivity index (χ1n) is 5.04.